The molecule has 2 rings (SSSR count). The van der Waals surface area contributed by atoms with Crippen molar-refractivity contribution >= 4 is 11.4 Å². The number of nitro benzene ring substituents is 2. The van der Waals surface area contributed by atoms with Gasteiger partial charge < -0.3 is 0 Å². The van der Waals surface area contributed by atoms with Crippen molar-refractivity contribution in [3.63, 3.8) is 0 Å². The van der Waals surface area contributed by atoms with Gasteiger partial charge in [-0.1, -0.05) is 49.4 Å². The molecule has 0 unspecified atom stereocenters. The zero-order valence-corrected chi connectivity index (χ0v) is 10.9. The Labute approximate surface area is 116 Å². The van der Waals surface area contributed by atoms with Crippen molar-refractivity contribution in [2.75, 3.05) is 0 Å². The number of hydrogen-bond donors (Lipinski definition) is 0. The smallest absolute Gasteiger partial charge is 0.258 e. The predicted molar refractivity (Wildman–Crippen MR) is 75.6 cm³/mol. The molecule has 0 aliphatic carbocycles. The van der Waals surface area contributed by atoms with Crippen molar-refractivity contribution in [1.82, 2.24) is 0 Å². The maximum absolute atomic E-state index is 10.2. The van der Waals surface area contributed by atoms with Crippen LogP contribution in [0.15, 0.2) is 54.6 Å². The molecule has 0 aliphatic rings. The third kappa shape index (κ3) is 4.49. The van der Waals surface area contributed by atoms with E-state index in [1.165, 1.54) is 17.7 Å². The summed E-state index contributed by atoms with van der Waals surface area (Å²) in [5.74, 6) is 0. The normalized spacial score (nSPS) is 9.25. The molecular weight excluding hydrogens is 260 g/mol. The Kier molecular flexibility index (Phi) is 5.83. The van der Waals surface area contributed by atoms with Crippen LogP contribution in [0.4, 0.5) is 11.4 Å². The van der Waals surface area contributed by atoms with E-state index >= 15 is 0 Å². The molecule has 0 N–H and O–H groups in total. The van der Waals surface area contributed by atoms with Crippen LogP contribution in [0.5, 0.6) is 0 Å². The zero-order chi connectivity index (χ0) is 15.0. The molecule has 0 heterocycles. The van der Waals surface area contributed by atoms with Gasteiger partial charge in [-0.2, -0.15) is 0 Å². The quantitative estimate of drug-likeness (QED) is 0.630. The molecule has 6 heteroatoms. The highest BCUT2D eigenvalue weighted by Gasteiger charge is 2.21. The topological polar surface area (TPSA) is 86.3 Å². The highest BCUT2D eigenvalue weighted by atomic mass is 16.6. The van der Waals surface area contributed by atoms with Crippen LogP contribution in [0.3, 0.4) is 0 Å². The summed E-state index contributed by atoms with van der Waals surface area (Å²) in [6, 6.07) is 15.4. The van der Waals surface area contributed by atoms with Gasteiger partial charge in [-0.15, -0.1) is 0 Å². The molecule has 104 valence electrons. The first-order chi connectivity index (χ1) is 9.56. The van der Waals surface area contributed by atoms with E-state index in [0.717, 1.165) is 18.6 Å². The second-order valence-corrected chi connectivity index (χ2v) is 3.84. The summed E-state index contributed by atoms with van der Waals surface area (Å²) in [4.78, 5) is 18.9. The van der Waals surface area contributed by atoms with Crippen LogP contribution in [-0.2, 0) is 6.42 Å². The Hall–Kier alpha value is -2.76. The summed E-state index contributed by atoms with van der Waals surface area (Å²) >= 11 is 0. The predicted octanol–water partition coefficient (Wildman–Crippen LogP) is 3.75. The van der Waals surface area contributed by atoms with E-state index in [1.807, 2.05) is 6.07 Å². The maximum Gasteiger partial charge on any atom is 0.346 e. The lowest BCUT2D eigenvalue weighted by Crippen LogP contribution is -1.95. The lowest BCUT2D eigenvalue weighted by atomic mass is 10.2. The molecular formula is C14H14N2O4. The van der Waals surface area contributed by atoms with Gasteiger partial charge in [0.25, 0.3) is 0 Å². The number of rotatable bonds is 3. The molecule has 0 atom stereocenters. The summed E-state index contributed by atoms with van der Waals surface area (Å²) in [6.45, 7) is 2.16. The fraction of sp³-hybridized carbons (Fsp3) is 0.143. The summed E-state index contributed by atoms with van der Waals surface area (Å²) in [5, 5.41) is 20.5. The van der Waals surface area contributed by atoms with Gasteiger partial charge in [-0.05, 0) is 12.0 Å². The number of aryl methyl sites for hydroxylation is 1. The second kappa shape index (κ2) is 7.63. The average molecular weight is 274 g/mol. The fourth-order valence-corrected chi connectivity index (χ4v) is 1.49. The largest absolute Gasteiger partial charge is 0.346 e. The minimum absolute atomic E-state index is 0.484. The van der Waals surface area contributed by atoms with Gasteiger partial charge in [0, 0.05) is 12.1 Å². The summed E-state index contributed by atoms with van der Waals surface area (Å²) < 4.78 is 0. The van der Waals surface area contributed by atoms with Crippen LogP contribution >= 0.6 is 0 Å². The zero-order valence-electron chi connectivity index (χ0n) is 10.9. The molecule has 0 fully saturated rings. The van der Waals surface area contributed by atoms with E-state index in [2.05, 4.69) is 31.2 Å². The van der Waals surface area contributed by atoms with E-state index < -0.39 is 21.2 Å². The molecule has 0 aromatic heterocycles. The van der Waals surface area contributed by atoms with E-state index in [4.69, 9.17) is 0 Å². The highest BCUT2D eigenvalue weighted by Crippen LogP contribution is 2.24. The van der Waals surface area contributed by atoms with Gasteiger partial charge in [-0.3, -0.25) is 20.2 Å². The van der Waals surface area contributed by atoms with Gasteiger partial charge in [0.05, 0.1) is 9.85 Å². The lowest BCUT2D eigenvalue weighted by molar-refractivity contribution is -0.422. The number of nitro groups is 2. The van der Waals surface area contributed by atoms with Crippen LogP contribution in [0.25, 0.3) is 0 Å². The first-order valence-electron chi connectivity index (χ1n) is 5.98. The fourth-order valence-electron chi connectivity index (χ4n) is 1.49. The van der Waals surface area contributed by atoms with Crippen molar-refractivity contribution in [3.8, 4) is 0 Å². The van der Waals surface area contributed by atoms with Gasteiger partial charge in [0.1, 0.15) is 0 Å². The van der Waals surface area contributed by atoms with Gasteiger partial charge in [-0.25, -0.2) is 0 Å². The summed E-state index contributed by atoms with van der Waals surface area (Å²) in [7, 11) is 0. The first-order valence-corrected chi connectivity index (χ1v) is 5.98. The average Bonchev–Trinajstić information content (AvgIpc) is 2.48. The molecule has 0 saturated heterocycles. The molecule has 0 spiro atoms. The van der Waals surface area contributed by atoms with E-state index in [-0.39, 0.29) is 0 Å². The number of para-hydroxylation sites is 2. The van der Waals surface area contributed by atoms with Crippen LogP contribution in [0.1, 0.15) is 12.5 Å². The van der Waals surface area contributed by atoms with Crippen molar-refractivity contribution in [1.29, 1.82) is 0 Å². The van der Waals surface area contributed by atoms with E-state index in [1.54, 1.807) is 0 Å². The van der Waals surface area contributed by atoms with Crippen molar-refractivity contribution < 1.29 is 9.85 Å². The monoisotopic (exact) mass is 274 g/mol. The Morgan fingerprint density at radius 3 is 1.50 bits per heavy atom. The van der Waals surface area contributed by atoms with Crippen molar-refractivity contribution in [2.45, 2.75) is 13.3 Å². The summed E-state index contributed by atoms with van der Waals surface area (Å²) in [6.07, 6.45) is 1.14. The minimum atomic E-state index is -0.780. The summed E-state index contributed by atoms with van der Waals surface area (Å²) in [5.41, 5.74) is 0.442. The van der Waals surface area contributed by atoms with Gasteiger partial charge in [0.2, 0.25) is 0 Å². The van der Waals surface area contributed by atoms with E-state index in [0.29, 0.717) is 0 Å². The molecule has 0 bridgehead atoms. The number of benzene rings is 2. The Morgan fingerprint density at radius 1 is 0.800 bits per heavy atom. The maximum atomic E-state index is 10.2. The van der Waals surface area contributed by atoms with Crippen LogP contribution in [0, 0.1) is 20.2 Å². The van der Waals surface area contributed by atoms with E-state index in [9.17, 15) is 20.2 Å². The Bertz CT molecular complexity index is 552. The highest BCUT2D eigenvalue weighted by molar-refractivity contribution is 5.51. The molecule has 20 heavy (non-hydrogen) atoms. The molecule has 2 aromatic carbocycles. The van der Waals surface area contributed by atoms with Crippen molar-refractivity contribution in [3.05, 3.63) is 80.4 Å². The first kappa shape index (κ1) is 15.3. The SMILES string of the molecule is CCc1ccccc1.O=[N+]([O-])c1ccccc1[N+](=O)[O-]. The number of nitrogens with zero attached hydrogens (tertiary/aromatic N) is 2. The van der Waals surface area contributed by atoms with Crippen LogP contribution in [-0.4, -0.2) is 9.85 Å². The van der Waals surface area contributed by atoms with Crippen LogP contribution in [0.2, 0.25) is 0 Å². The molecule has 6 nitrogen and oxygen atoms in total. The Morgan fingerprint density at radius 2 is 1.20 bits per heavy atom. The third-order valence-electron chi connectivity index (χ3n) is 2.53. The minimum Gasteiger partial charge on any atom is -0.258 e. The van der Waals surface area contributed by atoms with Gasteiger partial charge >= 0.3 is 11.4 Å². The molecule has 0 amide bonds. The van der Waals surface area contributed by atoms with Crippen molar-refractivity contribution in [2.24, 2.45) is 0 Å². The Balaban J connectivity index is 0.000000217. The van der Waals surface area contributed by atoms with Gasteiger partial charge in [0.15, 0.2) is 0 Å². The number of hydrogen-bond acceptors (Lipinski definition) is 4. The lowest BCUT2D eigenvalue weighted by Gasteiger charge is -1.91. The molecule has 2 aromatic rings. The van der Waals surface area contributed by atoms with Crippen LogP contribution < -0.4 is 0 Å². The third-order valence-corrected chi connectivity index (χ3v) is 2.53. The molecule has 0 aliphatic heterocycles. The molecule has 0 saturated carbocycles. The standard InChI is InChI=1S/C8H10.C6H4N2O4/c1-2-8-6-4-3-5-7-8;9-7(10)5-3-1-2-4-6(5)8(11)12/h3-7H,2H2,1H3;1-4H. The second-order valence-electron chi connectivity index (χ2n) is 3.84. The molecule has 0 radical (unpaired) electrons.